The summed E-state index contributed by atoms with van der Waals surface area (Å²) in [6.45, 7) is 0. The molecule has 5 heteroatoms. The lowest BCUT2D eigenvalue weighted by atomic mass is 10.2. The van der Waals surface area contributed by atoms with E-state index in [4.69, 9.17) is 5.73 Å². The molecule has 70 valence electrons. The molecule has 0 aliphatic carbocycles. The number of ether oxygens (including phenoxy) is 1. The Morgan fingerprint density at radius 2 is 2.23 bits per heavy atom. The first-order valence-corrected chi connectivity index (χ1v) is 4.47. The number of carbonyl (C=O) groups excluding carboxylic acids is 1. The topological polar surface area (TPSA) is 52.3 Å². The summed E-state index contributed by atoms with van der Waals surface area (Å²) in [6.07, 6.45) is 0. The van der Waals surface area contributed by atoms with Crippen molar-refractivity contribution in [2.75, 3.05) is 12.8 Å². The second kappa shape index (κ2) is 3.91. The number of anilines is 1. The summed E-state index contributed by atoms with van der Waals surface area (Å²) < 4.78 is 17.8. The van der Waals surface area contributed by atoms with Crippen LogP contribution in [0.15, 0.2) is 12.1 Å². The number of rotatable bonds is 1. The Balaban J connectivity index is 3.20. The monoisotopic (exact) mass is 295 g/mol. The molecule has 0 radical (unpaired) electrons. The highest BCUT2D eigenvalue weighted by Crippen LogP contribution is 2.20. The number of methoxy groups -OCH3 is 1. The van der Waals surface area contributed by atoms with E-state index in [0.29, 0.717) is 3.57 Å². The van der Waals surface area contributed by atoms with E-state index in [1.807, 2.05) is 0 Å². The number of hydrogen-bond acceptors (Lipinski definition) is 3. The zero-order valence-electron chi connectivity index (χ0n) is 6.80. The van der Waals surface area contributed by atoms with E-state index in [1.54, 1.807) is 22.6 Å². The quantitative estimate of drug-likeness (QED) is 0.488. The van der Waals surface area contributed by atoms with Gasteiger partial charge in [0.15, 0.2) is 5.82 Å². The summed E-state index contributed by atoms with van der Waals surface area (Å²) in [7, 11) is 1.26. The molecule has 1 aromatic rings. The van der Waals surface area contributed by atoms with Crippen molar-refractivity contribution in [2.45, 2.75) is 0 Å². The van der Waals surface area contributed by atoms with E-state index in [1.165, 1.54) is 19.2 Å². The molecular weight excluding hydrogens is 288 g/mol. The molecule has 0 amide bonds. The van der Waals surface area contributed by atoms with E-state index in [9.17, 15) is 9.18 Å². The van der Waals surface area contributed by atoms with Crippen LogP contribution in [-0.4, -0.2) is 13.1 Å². The van der Waals surface area contributed by atoms with Crippen molar-refractivity contribution in [3.8, 4) is 0 Å². The van der Waals surface area contributed by atoms with Crippen molar-refractivity contribution in [3.63, 3.8) is 0 Å². The van der Waals surface area contributed by atoms with Gasteiger partial charge in [-0.3, -0.25) is 0 Å². The molecule has 0 aromatic heterocycles. The Morgan fingerprint density at radius 3 is 2.69 bits per heavy atom. The van der Waals surface area contributed by atoms with E-state index in [2.05, 4.69) is 4.74 Å². The van der Waals surface area contributed by atoms with Gasteiger partial charge in [0.1, 0.15) is 0 Å². The maximum Gasteiger partial charge on any atom is 0.337 e. The Morgan fingerprint density at radius 1 is 1.62 bits per heavy atom. The summed E-state index contributed by atoms with van der Waals surface area (Å²) in [5.74, 6) is -1.03. The predicted molar refractivity (Wildman–Crippen MR) is 54.9 cm³/mol. The summed E-state index contributed by atoms with van der Waals surface area (Å²) in [5.41, 5.74) is 5.53. The minimum absolute atomic E-state index is 0.0488. The molecule has 0 heterocycles. The number of hydrogen-bond donors (Lipinski definition) is 1. The lowest BCUT2D eigenvalue weighted by molar-refractivity contribution is 0.0600. The lowest BCUT2D eigenvalue weighted by Crippen LogP contribution is -2.04. The molecular formula is C8H7FINO2. The predicted octanol–water partition coefficient (Wildman–Crippen LogP) is 1.80. The van der Waals surface area contributed by atoms with Crippen LogP contribution >= 0.6 is 22.6 Å². The second-order valence-corrected chi connectivity index (χ2v) is 3.52. The SMILES string of the molecule is COC(=O)c1cc(N)c(F)c(I)c1. The maximum absolute atomic E-state index is 13.0. The molecule has 13 heavy (non-hydrogen) atoms. The molecule has 0 unspecified atom stereocenters. The average molecular weight is 295 g/mol. The van der Waals surface area contributed by atoms with Gasteiger partial charge in [-0.15, -0.1) is 0 Å². The number of benzene rings is 1. The number of nitrogens with two attached hydrogens (primary N) is 1. The second-order valence-electron chi connectivity index (χ2n) is 2.35. The third kappa shape index (κ3) is 2.09. The van der Waals surface area contributed by atoms with E-state index in [0.717, 1.165) is 0 Å². The molecule has 0 bridgehead atoms. The average Bonchev–Trinajstić information content (AvgIpc) is 2.12. The molecule has 0 saturated carbocycles. The molecule has 0 atom stereocenters. The van der Waals surface area contributed by atoms with Crippen molar-refractivity contribution in [1.82, 2.24) is 0 Å². The fraction of sp³-hybridized carbons (Fsp3) is 0.125. The Kier molecular flexibility index (Phi) is 3.07. The fourth-order valence-electron chi connectivity index (χ4n) is 0.846. The van der Waals surface area contributed by atoms with Crippen LogP contribution in [0.3, 0.4) is 0 Å². The van der Waals surface area contributed by atoms with Gasteiger partial charge in [0.25, 0.3) is 0 Å². The van der Waals surface area contributed by atoms with Gasteiger partial charge in [-0.2, -0.15) is 0 Å². The van der Waals surface area contributed by atoms with Crippen LogP contribution in [-0.2, 0) is 4.74 Å². The molecule has 0 spiro atoms. The number of nitrogen functional groups attached to an aromatic ring is 1. The largest absolute Gasteiger partial charge is 0.465 e. The summed E-state index contributed by atoms with van der Waals surface area (Å²) >= 11 is 1.76. The van der Waals surface area contributed by atoms with Crippen LogP contribution in [0, 0.1) is 9.39 Å². The van der Waals surface area contributed by atoms with Crippen molar-refractivity contribution >= 4 is 34.2 Å². The van der Waals surface area contributed by atoms with Gasteiger partial charge in [0.2, 0.25) is 0 Å². The minimum Gasteiger partial charge on any atom is -0.465 e. The summed E-state index contributed by atoms with van der Waals surface area (Å²) in [4.78, 5) is 11.0. The highest BCUT2D eigenvalue weighted by molar-refractivity contribution is 14.1. The maximum atomic E-state index is 13.0. The number of esters is 1. The van der Waals surface area contributed by atoms with Gasteiger partial charge in [0, 0.05) is 0 Å². The van der Waals surface area contributed by atoms with Gasteiger partial charge >= 0.3 is 5.97 Å². The van der Waals surface area contributed by atoms with Crippen LogP contribution in [0.25, 0.3) is 0 Å². The van der Waals surface area contributed by atoms with Gasteiger partial charge in [-0.25, -0.2) is 9.18 Å². The zero-order valence-corrected chi connectivity index (χ0v) is 8.96. The zero-order chi connectivity index (χ0) is 10.0. The number of carbonyl (C=O) groups is 1. The van der Waals surface area contributed by atoms with Gasteiger partial charge in [-0.05, 0) is 34.7 Å². The van der Waals surface area contributed by atoms with Gasteiger partial charge in [-0.1, -0.05) is 0 Å². The molecule has 0 aliphatic rings. The minimum atomic E-state index is -0.524. The Labute approximate surface area is 88.2 Å². The third-order valence-corrected chi connectivity index (χ3v) is 2.26. The molecule has 0 aliphatic heterocycles. The van der Waals surface area contributed by atoms with Crippen LogP contribution in [0.1, 0.15) is 10.4 Å². The summed E-state index contributed by atoms with van der Waals surface area (Å²) in [5, 5.41) is 0. The highest BCUT2D eigenvalue weighted by Gasteiger charge is 2.11. The lowest BCUT2D eigenvalue weighted by Gasteiger charge is -2.03. The van der Waals surface area contributed by atoms with E-state index >= 15 is 0 Å². The molecule has 1 rings (SSSR count). The number of halogens is 2. The van der Waals surface area contributed by atoms with Gasteiger partial charge < -0.3 is 10.5 Å². The first kappa shape index (κ1) is 10.2. The molecule has 0 saturated heterocycles. The molecule has 1 aromatic carbocycles. The van der Waals surface area contributed by atoms with Crippen molar-refractivity contribution < 1.29 is 13.9 Å². The first-order valence-electron chi connectivity index (χ1n) is 3.39. The standard InChI is InChI=1S/C8H7FINO2/c1-13-8(12)4-2-5(10)7(9)6(11)3-4/h2-3H,11H2,1H3. The molecule has 0 fully saturated rings. The molecule has 2 N–H and O–H groups in total. The smallest absolute Gasteiger partial charge is 0.337 e. The van der Waals surface area contributed by atoms with Crippen LogP contribution in [0.5, 0.6) is 0 Å². The van der Waals surface area contributed by atoms with Crippen molar-refractivity contribution in [3.05, 3.63) is 27.1 Å². The van der Waals surface area contributed by atoms with Crippen LogP contribution in [0.4, 0.5) is 10.1 Å². The highest BCUT2D eigenvalue weighted by atomic mass is 127. The van der Waals surface area contributed by atoms with Gasteiger partial charge in [0.05, 0.1) is 21.9 Å². The fourth-order valence-corrected chi connectivity index (χ4v) is 1.49. The Bertz CT molecular complexity index is 331. The summed E-state index contributed by atoms with van der Waals surface area (Å²) in [6, 6.07) is 2.64. The Hall–Kier alpha value is -0.850. The van der Waals surface area contributed by atoms with Crippen molar-refractivity contribution in [2.24, 2.45) is 0 Å². The first-order chi connectivity index (χ1) is 6.06. The molecule has 3 nitrogen and oxygen atoms in total. The van der Waals surface area contributed by atoms with E-state index < -0.39 is 11.8 Å². The van der Waals surface area contributed by atoms with E-state index in [-0.39, 0.29) is 11.3 Å². The van der Waals surface area contributed by atoms with Crippen molar-refractivity contribution in [1.29, 1.82) is 0 Å². The third-order valence-electron chi connectivity index (χ3n) is 1.48. The van der Waals surface area contributed by atoms with Crippen LogP contribution in [0.2, 0.25) is 0 Å². The van der Waals surface area contributed by atoms with Crippen LogP contribution < -0.4 is 5.73 Å². The normalized spacial score (nSPS) is 9.77.